The van der Waals surface area contributed by atoms with Crippen LogP contribution in [0, 0.1) is 0 Å². The third-order valence-corrected chi connectivity index (χ3v) is 2.22. The Bertz CT molecular complexity index is 326. The summed E-state index contributed by atoms with van der Waals surface area (Å²) in [5.74, 6) is 0.850. The molecule has 0 saturated carbocycles. The first kappa shape index (κ1) is 9.83. The summed E-state index contributed by atoms with van der Waals surface area (Å²) < 4.78 is 10.3. The zero-order valence-corrected chi connectivity index (χ0v) is 8.31. The molecule has 1 aliphatic rings. The van der Waals surface area contributed by atoms with E-state index in [1.807, 2.05) is 30.3 Å². The summed E-state index contributed by atoms with van der Waals surface area (Å²) >= 11 is 0. The minimum Gasteiger partial charge on any atom is -0.494 e. The number of rotatable bonds is 4. The number of hydrogen-bond donors (Lipinski definition) is 1. The van der Waals surface area contributed by atoms with E-state index in [9.17, 15) is 4.79 Å². The Kier molecular flexibility index (Phi) is 3.07. The van der Waals surface area contributed by atoms with Gasteiger partial charge in [0.25, 0.3) is 0 Å². The SMILES string of the molecule is O=C1NC(CCOc2ccccc2)CO1. The van der Waals surface area contributed by atoms with Crippen molar-refractivity contribution < 1.29 is 14.3 Å². The van der Waals surface area contributed by atoms with Gasteiger partial charge >= 0.3 is 6.09 Å². The van der Waals surface area contributed by atoms with Crippen LogP contribution in [0.1, 0.15) is 6.42 Å². The molecule has 1 saturated heterocycles. The highest BCUT2D eigenvalue weighted by molar-refractivity contribution is 5.69. The normalized spacial score (nSPS) is 19.5. The highest BCUT2D eigenvalue weighted by Crippen LogP contribution is 2.09. The van der Waals surface area contributed by atoms with Gasteiger partial charge in [-0.1, -0.05) is 18.2 Å². The molecule has 0 aromatic heterocycles. The summed E-state index contributed by atoms with van der Waals surface area (Å²) in [6.45, 7) is 1.02. The fraction of sp³-hybridized carbons (Fsp3) is 0.364. The van der Waals surface area contributed by atoms with Crippen LogP contribution in [-0.2, 0) is 4.74 Å². The molecular weight excluding hydrogens is 194 g/mol. The second-order valence-corrected chi connectivity index (χ2v) is 3.39. The number of benzene rings is 1. The minimum absolute atomic E-state index is 0.0845. The van der Waals surface area contributed by atoms with Crippen LogP contribution >= 0.6 is 0 Å². The number of cyclic esters (lactones) is 1. The van der Waals surface area contributed by atoms with E-state index in [4.69, 9.17) is 9.47 Å². The Hall–Kier alpha value is -1.71. The maximum atomic E-state index is 10.7. The summed E-state index contributed by atoms with van der Waals surface area (Å²) in [6, 6.07) is 9.69. The van der Waals surface area contributed by atoms with Crippen LogP contribution in [0.25, 0.3) is 0 Å². The van der Waals surface area contributed by atoms with E-state index in [0.717, 1.165) is 12.2 Å². The molecule has 1 aromatic carbocycles. The van der Waals surface area contributed by atoms with Crippen molar-refractivity contribution in [3.05, 3.63) is 30.3 Å². The van der Waals surface area contributed by atoms with Crippen molar-refractivity contribution in [1.82, 2.24) is 5.32 Å². The van der Waals surface area contributed by atoms with E-state index in [2.05, 4.69) is 5.32 Å². The Morgan fingerprint density at radius 1 is 1.40 bits per heavy atom. The quantitative estimate of drug-likeness (QED) is 0.815. The molecule has 2 rings (SSSR count). The molecule has 1 fully saturated rings. The lowest BCUT2D eigenvalue weighted by Crippen LogP contribution is -2.27. The van der Waals surface area contributed by atoms with Gasteiger partial charge in [0.2, 0.25) is 0 Å². The fourth-order valence-electron chi connectivity index (χ4n) is 1.42. The molecule has 1 heterocycles. The zero-order chi connectivity index (χ0) is 10.5. The van der Waals surface area contributed by atoms with Crippen molar-refractivity contribution in [2.45, 2.75) is 12.5 Å². The van der Waals surface area contributed by atoms with Crippen LogP contribution in [0.2, 0.25) is 0 Å². The Morgan fingerprint density at radius 3 is 2.87 bits per heavy atom. The number of amides is 1. The van der Waals surface area contributed by atoms with E-state index in [-0.39, 0.29) is 12.1 Å². The van der Waals surface area contributed by atoms with Gasteiger partial charge in [0, 0.05) is 6.42 Å². The first-order valence-electron chi connectivity index (χ1n) is 4.96. The predicted molar refractivity (Wildman–Crippen MR) is 54.8 cm³/mol. The van der Waals surface area contributed by atoms with Gasteiger partial charge in [-0.3, -0.25) is 0 Å². The first-order valence-corrected chi connectivity index (χ1v) is 4.96. The van der Waals surface area contributed by atoms with E-state index in [1.54, 1.807) is 0 Å². The summed E-state index contributed by atoms with van der Waals surface area (Å²) in [5, 5.41) is 2.70. The van der Waals surface area contributed by atoms with Gasteiger partial charge in [-0.05, 0) is 12.1 Å². The van der Waals surface area contributed by atoms with Crippen molar-refractivity contribution in [1.29, 1.82) is 0 Å². The molecule has 1 aliphatic heterocycles. The Balaban J connectivity index is 1.69. The lowest BCUT2D eigenvalue weighted by molar-refractivity contribution is 0.175. The second kappa shape index (κ2) is 4.68. The molecule has 0 bridgehead atoms. The Labute approximate surface area is 88.2 Å². The van der Waals surface area contributed by atoms with Crippen molar-refractivity contribution >= 4 is 6.09 Å². The number of nitrogens with one attached hydrogen (secondary N) is 1. The van der Waals surface area contributed by atoms with Gasteiger partial charge in [-0.15, -0.1) is 0 Å². The molecule has 0 spiro atoms. The lowest BCUT2D eigenvalue weighted by atomic mass is 10.2. The third-order valence-electron chi connectivity index (χ3n) is 2.22. The molecule has 1 amide bonds. The average molecular weight is 207 g/mol. The summed E-state index contributed by atoms with van der Waals surface area (Å²) in [4.78, 5) is 10.7. The van der Waals surface area contributed by atoms with Crippen LogP contribution in [-0.4, -0.2) is 25.3 Å². The van der Waals surface area contributed by atoms with Gasteiger partial charge in [0.05, 0.1) is 12.6 Å². The molecular formula is C11H13NO3. The maximum absolute atomic E-state index is 10.7. The molecule has 15 heavy (non-hydrogen) atoms. The molecule has 1 atom stereocenters. The van der Waals surface area contributed by atoms with Crippen LogP contribution in [0.15, 0.2) is 30.3 Å². The van der Waals surface area contributed by atoms with Crippen molar-refractivity contribution in [3.8, 4) is 5.75 Å². The smallest absolute Gasteiger partial charge is 0.407 e. The number of alkyl carbamates (subject to hydrolysis) is 1. The van der Waals surface area contributed by atoms with Crippen molar-refractivity contribution in [3.63, 3.8) is 0 Å². The number of ether oxygens (including phenoxy) is 2. The Morgan fingerprint density at radius 2 is 2.20 bits per heavy atom. The maximum Gasteiger partial charge on any atom is 0.407 e. The van der Waals surface area contributed by atoms with Crippen LogP contribution in [0.4, 0.5) is 4.79 Å². The number of carbonyl (C=O) groups excluding carboxylic acids is 1. The van der Waals surface area contributed by atoms with E-state index in [0.29, 0.717) is 13.2 Å². The van der Waals surface area contributed by atoms with E-state index < -0.39 is 0 Å². The summed E-state index contributed by atoms with van der Waals surface area (Å²) in [6.07, 6.45) is 0.431. The molecule has 1 N–H and O–H groups in total. The highest BCUT2D eigenvalue weighted by atomic mass is 16.6. The molecule has 80 valence electrons. The summed E-state index contributed by atoms with van der Waals surface area (Å²) in [7, 11) is 0. The van der Waals surface area contributed by atoms with Crippen LogP contribution in [0.5, 0.6) is 5.75 Å². The van der Waals surface area contributed by atoms with Gasteiger partial charge < -0.3 is 14.8 Å². The van der Waals surface area contributed by atoms with Gasteiger partial charge in [-0.2, -0.15) is 0 Å². The fourth-order valence-corrected chi connectivity index (χ4v) is 1.42. The number of carbonyl (C=O) groups is 1. The molecule has 0 aliphatic carbocycles. The van der Waals surface area contributed by atoms with Gasteiger partial charge in [0.15, 0.2) is 0 Å². The monoisotopic (exact) mass is 207 g/mol. The van der Waals surface area contributed by atoms with E-state index in [1.165, 1.54) is 0 Å². The first-order chi connectivity index (χ1) is 7.34. The van der Waals surface area contributed by atoms with Crippen LogP contribution in [0.3, 0.4) is 0 Å². The number of para-hydroxylation sites is 1. The zero-order valence-electron chi connectivity index (χ0n) is 8.31. The molecule has 1 aromatic rings. The van der Waals surface area contributed by atoms with Crippen molar-refractivity contribution in [2.75, 3.05) is 13.2 Å². The molecule has 4 heteroatoms. The topological polar surface area (TPSA) is 47.6 Å². The van der Waals surface area contributed by atoms with Crippen LogP contribution < -0.4 is 10.1 Å². The molecule has 1 unspecified atom stereocenters. The van der Waals surface area contributed by atoms with Gasteiger partial charge in [-0.25, -0.2) is 4.79 Å². The minimum atomic E-state index is -0.334. The summed E-state index contributed by atoms with van der Waals surface area (Å²) in [5.41, 5.74) is 0. The van der Waals surface area contributed by atoms with Gasteiger partial charge in [0.1, 0.15) is 12.4 Å². The largest absolute Gasteiger partial charge is 0.494 e. The van der Waals surface area contributed by atoms with E-state index >= 15 is 0 Å². The predicted octanol–water partition coefficient (Wildman–Crippen LogP) is 1.56. The standard InChI is InChI=1S/C11H13NO3/c13-11-12-9(8-15-11)6-7-14-10-4-2-1-3-5-10/h1-5,9H,6-8H2,(H,12,13). The molecule has 4 nitrogen and oxygen atoms in total. The highest BCUT2D eigenvalue weighted by Gasteiger charge is 2.21. The number of hydrogen-bond acceptors (Lipinski definition) is 3. The lowest BCUT2D eigenvalue weighted by Gasteiger charge is -2.08. The molecule has 0 radical (unpaired) electrons. The average Bonchev–Trinajstić information content (AvgIpc) is 2.66. The second-order valence-electron chi connectivity index (χ2n) is 3.39. The third kappa shape index (κ3) is 2.87. The van der Waals surface area contributed by atoms with Crippen molar-refractivity contribution in [2.24, 2.45) is 0 Å².